The van der Waals surface area contributed by atoms with Crippen LogP contribution in [-0.2, 0) is 4.79 Å². The fourth-order valence-electron chi connectivity index (χ4n) is 1.59. The number of hydrogen-bond donors (Lipinski definition) is 3. The first-order chi connectivity index (χ1) is 8.02. The van der Waals surface area contributed by atoms with Gasteiger partial charge >= 0.3 is 0 Å². The van der Waals surface area contributed by atoms with Gasteiger partial charge in [0.1, 0.15) is 0 Å². The Morgan fingerprint density at radius 3 is 2.35 bits per heavy atom. The molecule has 0 aliphatic rings. The summed E-state index contributed by atoms with van der Waals surface area (Å²) in [5.74, 6) is 0.329. The number of carbonyl (C=O) groups excluding carboxylic acids is 1. The Labute approximate surface area is 105 Å². The molecule has 0 aromatic heterocycles. The molecule has 4 nitrogen and oxygen atoms in total. The van der Waals surface area contributed by atoms with Gasteiger partial charge in [-0.3, -0.25) is 4.79 Å². The standard InChI is InChI=1S/C13H28N2O2/c1-5-6-7-8-14-13(17)11(4)15-12(9-16)10(2)3/h10-12,15-16H,5-9H2,1-4H3,(H,14,17)/t11?,12-/m1/s1. The van der Waals surface area contributed by atoms with Crippen LogP contribution in [0.3, 0.4) is 0 Å². The molecular weight excluding hydrogens is 216 g/mol. The second-order valence-electron chi connectivity index (χ2n) is 4.92. The molecule has 0 aliphatic carbocycles. The molecule has 0 aliphatic heterocycles. The third kappa shape index (κ3) is 7.34. The second-order valence-corrected chi connectivity index (χ2v) is 4.92. The normalized spacial score (nSPS) is 14.7. The first-order valence-corrected chi connectivity index (χ1v) is 6.67. The topological polar surface area (TPSA) is 61.4 Å². The van der Waals surface area contributed by atoms with Crippen LogP contribution >= 0.6 is 0 Å². The van der Waals surface area contributed by atoms with E-state index in [2.05, 4.69) is 17.6 Å². The Morgan fingerprint density at radius 1 is 1.24 bits per heavy atom. The highest BCUT2D eigenvalue weighted by molar-refractivity contribution is 5.81. The monoisotopic (exact) mass is 244 g/mol. The summed E-state index contributed by atoms with van der Waals surface area (Å²) in [5.41, 5.74) is 0. The molecule has 3 N–H and O–H groups in total. The quantitative estimate of drug-likeness (QED) is 0.536. The predicted octanol–water partition coefficient (Wildman–Crippen LogP) is 1.29. The van der Waals surface area contributed by atoms with Crippen LogP contribution in [0.1, 0.15) is 47.0 Å². The summed E-state index contributed by atoms with van der Waals surface area (Å²) in [6.07, 6.45) is 3.33. The summed E-state index contributed by atoms with van der Waals surface area (Å²) in [4.78, 5) is 11.7. The minimum atomic E-state index is -0.254. The lowest BCUT2D eigenvalue weighted by atomic mass is 10.0. The molecular formula is C13H28N2O2. The molecule has 0 aromatic carbocycles. The fourth-order valence-corrected chi connectivity index (χ4v) is 1.59. The Bertz CT molecular complexity index is 208. The highest BCUT2D eigenvalue weighted by Gasteiger charge is 2.18. The van der Waals surface area contributed by atoms with Crippen molar-refractivity contribution >= 4 is 5.91 Å². The number of aliphatic hydroxyl groups excluding tert-OH is 1. The highest BCUT2D eigenvalue weighted by Crippen LogP contribution is 2.02. The minimum Gasteiger partial charge on any atom is -0.395 e. The lowest BCUT2D eigenvalue weighted by Crippen LogP contribution is -2.49. The van der Waals surface area contributed by atoms with Gasteiger partial charge in [0.25, 0.3) is 0 Å². The van der Waals surface area contributed by atoms with Crippen LogP contribution in [0.5, 0.6) is 0 Å². The summed E-state index contributed by atoms with van der Waals surface area (Å²) in [7, 11) is 0. The van der Waals surface area contributed by atoms with Crippen LogP contribution in [0.15, 0.2) is 0 Å². The van der Waals surface area contributed by atoms with Gasteiger partial charge in [0.15, 0.2) is 0 Å². The van der Waals surface area contributed by atoms with Crippen molar-refractivity contribution in [3.63, 3.8) is 0 Å². The van der Waals surface area contributed by atoms with E-state index >= 15 is 0 Å². The Hall–Kier alpha value is -0.610. The molecule has 4 heteroatoms. The van der Waals surface area contributed by atoms with Crippen molar-refractivity contribution in [3.05, 3.63) is 0 Å². The SMILES string of the molecule is CCCCCNC(=O)C(C)N[C@H](CO)C(C)C. The van der Waals surface area contributed by atoms with Gasteiger partial charge in [0.05, 0.1) is 12.6 Å². The highest BCUT2D eigenvalue weighted by atomic mass is 16.3. The molecule has 0 rings (SSSR count). The number of hydrogen-bond acceptors (Lipinski definition) is 3. The third-order valence-corrected chi connectivity index (χ3v) is 2.94. The van der Waals surface area contributed by atoms with E-state index in [0.717, 1.165) is 25.8 Å². The fraction of sp³-hybridized carbons (Fsp3) is 0.923. The Morgan fingerprint density at radius 2 is 1.88 bits per heavy atom. The number of aliphatic hydroxyl groups is 1. The molecule has 2 atom stereocenters. The van der Waals surface area contributed by atoms with Gasteiger partial charge < -0.3 is 15.7 Å². The van der Waals surface area contributed by atoms with Crippen molar-refractivity contribution in [2.75, 3.05) is 13.2 Å². The predicted molar refractivity (Wildman–Crippen MR) is 70.8 cm³/mol. The molecule has 0 fully saturated rings. The number of carbonyl (C=O) groups is 1. The van der Waals surface area contributed by atoms with Crippen LogP contribution in [0.25, 0.3) is 0 Å². The summed E-state index contributed by atoms with van der Waals surface area (Å²) in [6, 6.07) is -0.275. The van der Waals surface area contributed by atoms with Crippen LogP contribution in [0.2, 0.25) is 0 Å². The maximum Gasteiger partial charge on any atom is 0.236 e. The van der Waals surface area contributed by atoms with Gasteiger partial charge in [0.2, 0.25) is 5.91 Å². The molecule has 1 unspecified atom stereocenters. The third-order valence-electron chi connectivity index (χ3n) is 2.94. The lowest BCUT2D eigenvalue weighted by molar-refractivity contribution is -0.123. The van der Waals surface area contributed by atoms with Gasteiger partial charge in [-0.15, -0.1) is 0 Å². The smallest absolute Gasteiger partial charge is 0.236 e. The van der Waals surface area contributed by atoms with E-state index < -0.39 is 0 Å². The van der Waals surface area contributed by atoms with Gasteiger partial charge in [-0.1, -0.05) is 33.6 Å². The van der Waals surface area contributed by atoms with Gasteiger partial charge in [0, 0.05) is 12.6 Å². The molecule has 0 bridgehead atoms. The molecule has 0 aromatic rings. The summed E-state index contributed by atoms with van der Waals surface area (Å²) in [5, 5.41) is 15.2. The van der Waals surface area contributed by atoms with Crippen LogP contribution < -0.4 is 10.6 Å². The maximum atomic E-state index is 11.7. The van der Waals surface area contributed by atoms with Gasteiger partial charge in [-0.25, -0.2) is 0 Å². The van der Waals surface area contributed by atoms with Crippen molar-refractivity contribution < 1.29 is 9.90 Å². The first-order valence-electron chi connectivity index (χ1n) is 6.67. The van der Waals surface area contributed by atoms with Gasteiger partial charge in [-0.2, -0.15) is 0 Å². The molecule has 0 saturated heterocycles. The number of amides is 1. The molecule has 0 spiro atoms. The zero-order chi connectivity index (χ0) is 13.3. The summed E-state index contributed by atoms with van der Waals surface area (Å²) >= 11 is 0. The van der Waals surface area contributed by atoms with Gasteiger partial charge in [-0.05, 0) is 19.3 Å². The van der Waals surface area contributed by atoms with E-state index in [1.54, 1.807) is 0 Å². The number of nitrogens with one attached hydrogen (secondary N) is 2. The Balaban J connectivity index is 3.87. The van der Waals surface area contributed by atoms with E-state index in [0.29, 0.717) is 5.92 Å². The minimum absolute atomic E-state index is 0.0141. The van der Waals surface area contributed by atoms with Crippen molar-refractivity contribution in [1.29, 1.82) is 0 Å². The van der Waals surface area contributed by atoms with Crippen LogP contribution in [0, 0.1) is 5.92 Å². The van der Waals surface area contributed by atoms with E-state index in [-0.39, 0.29) is 24.6 Å². The maximum absolute atomic E-state index is 11.7. The van der Waals surface area contributed by atoms with E-state index in [9.17, 15) is 9.90 Å². The zero-order valence-electron chi connectivity index (χ0n) is 11.6. The molecule has 0 saturated carbocycles. The average molecular weight is 244 g/mol. The molecule has 17 heavy (non-hydrogen) atoms. The number of rotatable bonds is 9. The summed E-state index contributed by atoms with van der Waals surface area (Å²) in [6.45, 7) is 8.83. The van der Waals surface area contributed by atoms with E-state index in [1.165, 1.54) is 0 Å². The molecule has 102 valence electrons. The van der Waals surface area contributed by atoms with E-state index in [1.807, 2.05) is 20.8 Å². The Kier molecular flexibility index (Phi) is 9.09. The largest absolute Gasteiger partial charge is 0.395 e. The zero-order valence-corrected chi connectivity index (χ0v) is 11.6. The van der Waals surface area contributed by atoms with Crippen molar-refractivity contribution in [2.24, 2.45) is 5.92 Å². The summed E-state index contributed by atoms with van der Waals surface area (Å²) < 4.78 is 0. The second kappa shape index (κ2) is 9.42. The number of unbranched alkanes of at least 4 members (excludes halogenated alkanes) is 2. The van der Waals surface area contributed by atoms with Crippen molar-refractivity contribution in [2.45, 2.75) is 59.0 Å². The van der Waals surface area contributed by atoms with E-state index in [4.69, 9.17) is 0 Å². The molecule has 0 heterocycles. The van der Waals surface area contributed by atoms with Crippen LogP contribution in [-0.4, -0.2) is 36.2 Å². The lowest BCUT2D eigenvalue weighted by Gasteiger charge is -2.24. The molecule has 1 amide bonds. The van der Waals surface area contributed by atoms with Crippen molar-refractivity contribution in [3.8, 4) is 0 Å². The first kappa shape index (κ1) is 16.4. The van der Waals surface area contributed by atoms with Crippen molar-refractivity contribution in [1.82, 2.24) is 10.6 Å². The average Bonchev–Trinajstić information content (AvgIpc) is 2.30. The molecule has 0 radical (unpaired) electrons. The van der Waals surface area contributed by atoms with Crippen LogP contribution in [0.4, 0.5) is 0 Å².